The molecule has 1 aromatic rings. The summed E-state index contributed by atoms with van der Waals surface area (Å²) >= 11 is 2.05. The van der Waals surface area contributed by atoms with Crippen LogP contribution in [0.4, 0.5) is 0 Å². The zero-order valence-electron chi connectivity index (χ0n) is 14.9. The Balaban J connectivity index is 1.52. The molecule has 0 aromatic carbocycles. The molecular weight excluding hydrogens is 322 g/mol. The molecule has 0 bridgehead atoms. The molecule has 0 atom stereocenters. The van der Waals surface area contributed by atoms with E-state index in [0.29, 0.717) is 12.8 Å². The van der Waals surface area contributed by atoms with Crippen molar-refractivity contribution in [3.63, 3.8) is 0 Å². The third-order valence-corrected chi connectivity index (χ3v) is 6.56. The van der Waals surface area contributed by atoms with Gasteiger partial charge >= 0.3 is 0 Å². The Morgan fingerprint density at radius 3 is 2.62 bits per heavy atom. The number of thioether (sulfide) groups is 1. The number of aryl methyl sites for hydroxylation is 2. The van der Waals surface area contributed by atoms with Gasteiger partial charge in [-0.05, 0) is 33.1 Å². The minimum Gasteiger partial charge on any atom is -0.361 e. The fourth-order valence-corrected chi connectivity index (χ4v) is 5.03. The second-order valence-corrected chi connectivity index (χ2v) is 8.34. The molecule has 0 radical (unpaired) electrons. The lowest BCUT2D eigenvalue weighted by Crippen LogP contribution is -2.56. The molecule has 1 N–H and O–H groups in total. The van der Waals surface area contributed by atoms with Crippen molar-refractivity contribution in [1.82, 2.24) is 15.4 Å². The van der Waals surface area contributed by atoms with E-state index in [-0.39, 0.29) is 11.4 Å². The van der Waals surface area contributed by atoms with Gasteiger partial charge in [0.1, 0.15) is 5.76 Å². The van der Waals surface area contributed by atoms with Gasteiger partial charge in [0.15, 0.2) is 0 Å². The smallest absolute Gasteiger partial charge is 0.220 e. The van der Waals surface area contributed by atoms with Crippen LogP contribution in [0.25, 0.3) is 0 Å². The van der Waals surface area contributed by atoms with E-state index in [1.807, 2.05) is 25.6 Å². The highest BCUT2D eigenvalue weighted by Crippen LogP contribution is 2.36. The number of carbonyl (C=O) groups excluding carboxylic acids is 1. The molecule has 1 saturated heterocycles. The molecule has 2 heterocycles. The topological polar surface area (TPSA) is 58.4 Å². The van der Waals surface area contributed by atoms with Crippen molar-refractivity contribution in [2.24, 2.45) is 0 Å². The summed E-state index contributed by atoms with van der Waals surface area (Å²) in [5, 5.41) is 7.19. The van der Waals surface area contributed by atoms with E-state index in [1.165, 1.54) is 50.3 Å². The van der Waals surface area contributed by atoms with Gasteiger partial charge in [-0.15, -0.1) is 0 Å². The van der Waals surface area contributed by atoms with E-state index >= 15 is 0 Å². The number of rotatable bonds is 6. The van der Waals surface area contributed by atoms with Crippen molar-refractivity contribution in [1.29, 1.82) is 0 Å². The van der Waals surface area contributed by atoms with Crippen LogP contribution in [0.3, 0.4) is 0 Å². The average molecular weight is 352 g/mol. The second kappa shape index (κ2) is 7.91. The predicted molar refractivity (Wildman–Crippen MR) is 97.4 cm³/mol. The number of nitrogens with one attached hydrogen (secondary N) is 1. The van der Waals surface area contributed by atoms with Crippen LogP contribution >= 0.6 is 11.8 Å². The number of hydrogen-bond donors (Lipinski definition) is 1. The van der Waals surface area contributed by atoms with Crippen LogP contribution < -0.4 is 5.32 Å². The van der Waals surface area contributed by atoms with E-state index < -0.39 is 0 Å². The summed E-state index contributed by atoms with van der Waals surface area (Å²) in [4.78, 5) is 15.0. The van der Waals surface area contributed by atoms with Gasteiger partial charge in [-0.3, -0.25) is 9.69 Å². The molecule has 0 spiro atoms. The lowest BCUT2D eigenvalue weighted by molar-refractivity contribution is -0.121. The van der Waals surface area contributed by atoms with Crippen LogP contribution in [0, 0.1) is 13.8 Å². The summed E-state index contributed by atoms with van der Waals surface area (Å²) in [6.45, 7) is 6.98. The largest absolute Gasteiger partial charge is 0.361 e. The number of nitrogens with zero attached hydrogens (tertiary/aromatic N) is 2. The Bertz CT molecular complexity index is 541. The highest BCUT2D eigenvalue weighted by atomic mass is 32.2. The Hall–Kier alpha value is -1.01. The zero-order valence-corrected chi connectivity index (χ0v) is 15.7. The molecule has 24 heavy (non-hydrogen) atoms. The third-order valence-electron chi connectivity index (χ3n) is 5.61. The quantitative estimate of drug-likeness (QED) is 0.854. The van der Waals surface area contributed by atoms with Gasteiger partial charge in [-0.1, -0.05) is 18.0 Å². The minimum atomic E-state index is 0.146. The molecule has 134 valence electrons. The van der Waals surface area contributed by atoms with Crippen molar-refractivity contribution in [2.45, 2.75) is 57.9 Å². The fraction of sp³-hybridized carbons (Fsp3) is 0.778. The van der Waals surface area contributed by atoms with Crippen LogP contribution in [0.1, 0.15) is 49.1 Å². The van der Waals surface area contributed by atoms with Crippen LogP contribution in [-0.2, 0) is 11.2 Å². The highest BCUT2D eigenvalue weighted by Gasteiger charge is 2.40. The Labute approximate surface area is 148 Å². The fourth-order valence-electron chi connectivity index (χ4n) is 4.12. The van der Waals surface area contributed by atoms with E-state index in [4.69, 9.17) is 4.52 Å². The molecule has 2 aliphatic rings. The van der Waals surface area contributed by atoms with E-state index in [0.717, 1.165) is 23.6 Å². The van der Waals surface area contributed by atoms with Crippen LogP contribution in [-0.4, -0.2) is 52.6 Å². The Morgan fingerprint density at radius 2 is 2.00 bits per heavy atom. The lowest BCUT2D eigenvalue weighted by atomic mass is 9.94. The van der Waals surface area contributed by atoms with Crippen LogP contribution in [0.2, 0.25) is 0 Å². The molecule has 3 rings (SSSR count). The predicted octanol–water partition coefficient (Wildman–Crippen LogP) is 2.70. The van der Waals surface area contributed by atoms with Crippen molar-refractivity contribution in [3.8, 4) is 0 Å². The lowest BCUT2D eigenvalue weighted by Gasteiger charge is -2.43. The van der Waals surface area contributed by atoms with E-state index in [1.54, 1.807) is 0 Å². The molecule has 1 aromatic heterocycles. The summed E-state index contributed by atoms with van der Waals surface area (Å²) < 4.78 is 5.17. The molecule has 0 unspecified atom stereocenters. The van der Waals surface area contributed by atoms with Crippen molar-refractivity contribution < 1.29 is 9.32 Å². The molecule has 1 aliphatic heterocycles. The molecular formula is C18H29N3O2S. The molecule has 2 fully saturated rings. The maximum absolute atomic E-state index is 12.4. The molecule has 1 amide bonds. The van der Waals surface area contributed by atoms with Gasteiger partial charge in [-0.25, -0.2) is 0 Å². The zero-order chi connectivity index (χ0) is 17.0. The molecule has 1 aliphatic carbocycles. The summed E-state index contributed by atoms with van der Waals surface area (Å²) in [7, 11) is 0. The van der Waals surface area contributed by atoms with Crippen LogP contribution in [0.15, 0.2) is 4.52 Å². The maximum atomic E-state index is 12.4. The van der Waals surface area contributed by atoms with Crippen molar-refractivity contribution in [3.05, 3.63) is 17.0 Å². The summed E-state index contributed by atoms with van der Waals surface area (Å²) in [6, 6.07) is 0. The van der Waals surface area contributed by atoms with E-state index in [9.17, 15) is 4.79 Å². The number of hydrogen-bond acceptors (Lipinski definition) is 5. The number of amides is 1. The second-order valence-electron chi connectivity index (χ2n) is 7.11. The average Bonchev–Trinajstić information content (AvgIpc) is 3.20. The Kier molecular flexibility index (Phi) is 5.87. The van der Waals surface area contributed by atoms with Gasteiger partial charge in [0, 0.05) is 48.7 Å². The SMILES string of the molecule is Cc1noc(C)c1CCC(=O)NCC1(N2CCSCC2)CCCC1. The van der Waals surface area contributed by atoms with Gasteiger partial charge in [0.2, 0.25) is 5.91 Å². The van der Waals surface area contributed by atoms with Gasteiger partial charge in [0.25, 0.3) is 0 Å². The van der Waals surface area contributed by atoms with Crippen LogP contribution in [0.5, 0.6) is 0 Å². The maximum Gasteiger partial charge on any atom is 0.220 e. The third kappa shape index (κ3) is 3.97. The first kappa shape index (κ1) is 17.8. The normalized spacial score (nSPS) is 21.1. The summed E-state index contributed by atoms with van der Waals surface area (Å²) in [5.41, 5.74) is 2.19. The first-order valence-corrected chi connectivity index (χ1v) is 10.3. The monoisotopic (exact) mass is 351 g/mol. The van der Waals surface area contributed by atoms with Crippen molar-refractivity contribution in [2.75, 3.05) is 31.1 Å². The number of aromatic nitrogens is 1. The van der Waals surface area contributed by atoms with Gasteiger partial charge < -0.3 is 9.84 Å². The first-order chi connectivity index (χ1) is 11.6. The Morgan fingerprint density at radius 1 is 1.29 bits per heavy atom. The standard InChI is InChI=1S/C18H29N3O2S/c1-14-16(15(2)23-20-14)5-6-17(22)19-13-18(7-3-4-8-18)21-9-11-24-12-10-21/h3-13H2,1-2H3,(H,19,22). The van der Waals surface area contributed by atoms with E-state index in [2.05, 4.69) is 15.4 Å². The van der Waals surface area contributed by atoms with Gasteiger partial charge in [-0.2, -0.15) is 11.8 Å². The highest BCUT2D eigenvalue weighted by molar-refractivity contribution is 7.99. The summed E-state index contributed by atoms with van der Waals surface area (Å²) in [6.07, 6.45) is 6.25. The number of carbonyl (C=O) groups is 1. The first-order valence-electron chi connectivity index (χ1n) is 9.12. The summed E-state index contributed by atoms with van der Waals surface area (Å²) in [5.74, 6) is 3.43. The van der Waals surface area contributed by atoms with Crippen molar-refractivity contribution >= 4 is 17.7 Å². The molecule has 5 nitrogen and oxygen atoms in total. The molecule has 6 heteroatoms. The van der Waals surface area contributed by atoms with Gasteiger partial charge in [0.05, 0.1) is 5.69 Å². The molecule has 1 saturated carbocycles. The minimum absolute atomic E-state index is 0.146.